The molecule has 2 aromatic carbocycles. The topological polar surface area (TPSA) is 67.4 Å². The normalized spacial score (nSPS) is 11.3. The number of hydrogen-bond acceptors (Lipinski definition) is 3. The molecule has 0 aliphatic rings. The maximum absolute atomic E-state index is 12.6. The Kier molecular flexibility index (Phi) is 6.97. The van der Waals surface area contributed by atoms with E-state index in [9.17, 15) is 9.59 Å². The molecule has 0 saturated carbocycles. The monoisotopic (exact) mass is 352 g/mol. The van der Waals surface area contributed by atoms with Crippen LogP contribution < -0.4 is 15.4 Å². The number of rotatable bonds is 8. The van der Waals surface area contributed by atoms with Crippen LogP contribution in [0.1, 0.15) is 29.3 Å². The van der Waals surface area contributed by atoms with Crippen molar-refractivity contribution in [1.29, 1.82) is 0 Å². The molecule has 2 aromatic rings. The number of carbonyl (C=O) groups is 2. The third-order valence-corrected chi connectivity index (χ3v) is 3.77. The highest BCUT2D eigenvalue weighted by Gasteiger charge is 2.21. The Morgan fingerprint density at radius 2 is 1.96 bits per heavy atom. The van der Waals surface area contributed by atoms with Gasteiger partial charge in [-0.2, -0.15) is 0 Å². The molecule has 0 saturated heterocycles. The van der Waals surface area contributed by atoms with Gasteiger partial charge in [0, 0.05) is 6.54 Å². The minimum absolute atomic E-state index is 0.270. The van der Waals surface area contributed by atoms with E-state index in [0.717, 1.165) is 5.56 Å². The van der Waals surface area contributed by atoms with E-state index in [1.165, 1.54) is 0 Å². The van der Waals surface area contributed by atoms with E-state index in [2.05, 4.69) is 17.2 Å². The molecule has 2 amide bonds. The van der Waals surface area contributed by atoms with Crippen molar-refractivity contribution in [2.24, 2.45) is 0 Å². The fourth-order valence-electron chi connectivity index (χ4n) is 2.44. The second-order valence-electron chi connectivity index (χ2n) is 5.86. The van der Waals surface area contributed by atoms with Crippen LogP contribution in [-0.4, -0.2) is 24.5 Å². The number of hydrogen-bond donors (Lipinski definition) is 2. The lowest BCUT2D eigenvalue weighted by Gasteiger charge is -2.18. The number of nitrogens with one attached hydrogen (secondary N) is 2. The summed E-state index contributed by atoms with van der Waals surface area (Å²) in [5.74, 6) is 0.0791. The molecule has 26 heavy (non-hydrogen) atoms. The first-order valence-electron chi connectivity index (χ1n) is 8.57. The van der Waals surface area contributed by atoms with Crippen LogP contribution in [0.3, 0.4) is 0 Å². The fraction of sp³-hybridized carbons (Fsp3) is 0.238. The van der Waals surface area contributed by atoms with E-state index in [-0.39, 0.29) is 11.8 Å². The first kappa shape index (κ1) is 19.2. The number of anilines is 1. The molecule has 0 aliphatic heterocycles. The van der Waals surface area contributed by atoms with E-state index in [0.29, 0.717) is 30.0 Å². The van der Waals surface area contributed by atoms with Crippen LogP contribution in [0.2, 0.25) is 0 Å². The second-order valence-corrected chi connectivity index (χ2v) is 5.86. The Morgan fingerprint density at radius 1 is 1.19 bits per heavy atom. The van der Waals surface area contributed by atoms with Gasteiger partial charge in [0.1, 0.15) is 5.75 Å². The van der Waals surface area contributed by atoms with Gasteiger partial charge in [0.2, 0.25) is 0 Å². The Labute approximate surface area is 154 Å². The van der Waals surface area contributed by atoms with Gasteiger partial charge in [0.25, 0.3) is 11.8 Å². The molecule has 0 bridgehead atoms. The van der Waals surface area contributed by atoms with Crippen molar-refractivity contribution in [3.8, 4) is 5.75 Å². The average molecular weight is 352 g/mol. The van der Waals surface area contributed by atoms with Crippen molar-refractivity contribution in [1.82, 2.24) is 5.32 Å². The van der Waals surface area contributed by atoms with Gasteiger partial charge in [-0.25, -0.2) is 0 Å². The van der Waals surface area contributed by atoms with Gasteiger partial charge in [-0.1, -0.05) is 37.3 Å². The predicted octanol–water partition coefficient (Wildman–Crippen LogP) is 3.71. The summed E-state index contributed by atoms with van der Waals surface area (Å²) < 4.78 is 5.82. The van der Waals surface area contributed by atoms with Crippen LogP contribution in [0.25, 0.3) is 0 Å². The smallest absolute Gasteiger partial charge is 0.265 e. The van der Waals surface area contributed by atoms with Gasteiger partial charge >= 0.3 is 0 Å². The first-order valence-corrected chi connectivity index (χ1v) is 8.57. The van der Waals surface area contributed by atoms with Gasteiger partial charge in [-0.15, -0.1) is 6.58 Å². The minimum Gasteiger partial charge on any atom is -0.481 e. The lowest BCUT2D eigenvalue weighted by atomic mass is 10.1. The Balaban J connectivity index is 2.12. The fourth-order valence-corrected chi connectivity index (χ4v) is 2.44. The van der Waals surface area contributed by atoms with Crippen LogP contribution in [0.15, 0.2) is 61.2 Å². The largest absolute Gasteiger partial charge is 0.481 e. The summed E-state index contributed by atoms with van der Waals surface area (Å²) in [7, 11) is 0. The quantitative estimate of drug-likeness (QED) is 0.712. The van der Waals surface area contributed by atoms with Crippen LogP contribution in [0, 0.1) is 6.92 Å². The zero-order valence-electron chi connectivity index (χ0n) is 15.1. The van der Waals surface area contributed by atoms with Gasteiger partial charge in [0.05, 0.1) is 11.3 Å². The standard InChI is InChI=1S/C21H24N2O3/c1-4-13-22-20(24)17-11-6-7-12-18(17)23-21(25)19(5-2)26-16-10-8-9-15(3)14-16/h4,6-12,14,19H,1,5,13H2,2-3H3,(H,22,24)(H,23,25)/t19-/m0/s1. The molecule has 0 aromatic heterocycles. The van der Waals surface area contributed by atoms with Gasteiger partial charge < -0.3 is 15.4 Å². The summed E-state index contributed by atoms with van der Waals surface area (Å²) in [6.45, 7) is 7.77. The van der Waals surface area contributed by atoms with Gasteiger partial charge in [-0.05, 0) is 43.2 Å². The third kappa shape index (κ3) is 5.21. The maximum Gasteiger partial charge on any atom is 0.265 e. The molecule has 5 heteroatoms. The molecular formula is C21H24N2O3. The first-order chi connectivity index (χ1) is 12.5. The van der Waals surface area contributed by atoms with Crippen molar-refractivity contribution in [2.75, 3.05) is 11.9 Å². The van der Waals surface area contributed by atoms with Crippen LogP contribution in [0.4, 0.5) is 5.69 Å². The van der Waals surface area contributed by atoms with Gasteiger partial charge in [0.15, 0.2) is 6.10 Å². The molecule has 2 rings (SSSR count). The van der Waals surface area contributed by atoms with Gasteiger partial charge in [-0.3, -0.25) is 9.59 Å². The maximum atomic E-state index is 12.6. The molecule has 0 radical (unpaired) electrons. The molecule has 0 heterocycles. The van der Waals surface area contributed by atoms with Crippen LogP contribution in [-0.2, 0) is 4.79 Å². The summed E-state index contributed by atoms with van der Waals surface area (Å²) in [6.07, 6.45) is 1.45. The molecule has 0 aliphatic carbocycles. The summed E-state index contributed by atoms with van der Waals surface area (Å²) >= 11 is 0. The van der Waals surface area contributed by atoms with Crippen molar-refractivity contribution in [2.45, 2.75) is 26.4 Å². The summed E-state index contributed by atoms with van der Waals surface area (Å²) in [4.78, 5) is 24.9. The number of para-hydroxylation sites is 1. The zero-order valence-corrected chi connectivity index (χ0v) is 15.1. The van der Waals surface area contributed by atoms with E-state index >= 15 is 0 Å². The third-order valence-electron chi connectivity index (χ3n) is 3.77. The summed E-state index contributed by atoms with van der Waals surface area (Å²) in [5.41, 5.74) is 1.90. The van der Waals surface area contributed by atoms with Crippen LogP contribution in [0.5, 0.6) is 5.75 Å². The highest BCUT2D eigenvalue weighted by Crippen LogP contribution is 2.19. The van der Waals surface area contributed by atoms with E-state index < -0.39 is 6.10 Å². The molecule has 136 valence electrons. The summed E-state index contributed by atoms with van der Waals surface area (Å²) in [6, 6.07) is 14.4. The van der Waals surface area contributed by atoms with E-state index in [1.54, 1.807) is 30.3 Å². The lowest BCUT2D eigenvalue weighted by molar-refractivity contribution is -0.122. The Morgan fingerprint density at radius 3 is 2.65 bits per heavy atom. The van der Waals surface area contributed by atoms with Crippen molar-refractivity contribution >= 4 is 17.5 Å². The molecule has 5 nitrogen and oxygen atoms in total. The highest BCUT2D eigenvalue weighted by atomic mass is 16.5. The Bertz CT molecular complexity index is 786. The predicted molar refractivity (Wildman–Crippen MR) is 103 cm³/mol. The van der Waals surface area contributed by atoms with Crippen molar-refractivity contribution in [3.63, 3.8) is 0 Å². The van der Waals surface area contributed by atoms with Crippen LogP contribution >= 0.6 is 0 Å². The highest BCUT2D eigenvalue weighted by molar-refractivity contribution is 6.04. The molecule has 2 N–H and O–H groups in total. The second kappa shape index (κ2) is 9.42. The molecule has 0 fully saturated rings. The molecule has 1 atom stereocenters. The Hall–Kier alpha value is -3.08. The average Bonchev–Trinajstić information content (AvgIpc) is 2.64. The number of ether oxygens (including phenoxy) is 1. The number of amides is 2. The van der Waals surface area contributed by atoms with Crippen molar-refractivity contribution in [3.05, 3.63) is 72.3 Å². The lowest BCUT2D eigenvalue weighted by Crippen LogP contribution is -2.33. The minimum atomic E-state index is -0.652. The molecular weight excluding hydrogens is 328 g/mol. The number of aryl methyl sites for hydroxylation is 1. The number of carbonyl (C=O) groups excluding carboxylic acids is 2. The SMILES string of the molecule is C=CCNC(=O)c1ccccc1NC(=O)[C@H](CC)Oc1cccc(C)c1. The number of benzene rings is 2. The molecule has 0 spiro atoms. The molecule has 0 unspecified atom stereocenters. The van der Waals surface area contributed by atoms with Crippen molar-refractivity contribution < 1.29 is 14.3 Å². The van der Waals surface area contributed by atoms with E-state index in [1.807, 2.05) is 38.1 Å². The van der Waals surface area contributed by atoms with E-state index in [4.69, 9.17) is 4.74 Å². The summed E-state index contributed by atoms with van der Waals surface area (Å²) in [5, 5.41) is 5.52. The zero-order chi connectivity index (χ0) is 18.9.